The van der Waals surface area contributed by atoms with Crippen LogP contribution in [0.4, 0.5) is 11.4 Å². The van der Waals surface area contributed by atoms with Gasteiger partial charge in [-0.1, -0.05) is 6.07 Å². The normalized spacial score (nSPS) is 11.5. The van der Waals surface area contributed by atoms with Crippen LogP contribution in [0.5, 0.6) is 5.75 Å². The van der Waals surface area contributed by atoms with Gasteiger partial charge in [0.15, 0.2) is 0 Å². The average molecular weight is 373 g/mol. The Bertz CT molecular complexity index is 992. The lowest BCUT2D eigenvalue weighted by molar-refractivity contribution is -0.112. The molecule has 0 aliphatic rings. The summed E-state index contributed by atoms with van der Waals surface area (Å²) in [5, 5.41) is 20.9. The molecule has 0 aromatic heterocycles. The molecule has 2 aromatic carbocycles. The second-order valence-corrected chi connectivity index (χ2v) is 6.66. The quantitative estimate of drug-likeness (QED) is 0.416. The summed E-state index contributed by atoms with van der Waals surface area (Å²) >= 11 is 0. The Hall–Kier alpha value is -3.35. The second-order valence-electron chi connectivity index (χ2n) is 5.24. The number of nitrogens with one attached hydrogen (secondary N) is 1. The van der Waals surface area contributed by atoms with Gasteiger partial charge < -0.3 is 15.3 Å². The molecular formula is C17H15N3O5S. The van der Waals surface area contributed by atoms with Crippen molar-refractivity contribution in [1.82, 2.24) is 0 Å². The van der Waals surface area contributed by atoms with Crippen LogP contribution in [0.1, 0.15) is 0 Å². The number of rotatable bonds is 5. The van der Waals surface area contributed by atoms with Crippen LogP contribution in [-0.4, -0.2) is 31.0 Å². The Morgan fingerprint density at radius 2 is 1.88 bits per heavy atom. The van der Waals surface area contributed by atoms with Crippen LogP contribution >= 0.6 is 0 Å². The van der Waals surface area contributed by atoms with E-state index in [-0.39, 0.29) is 21.9 Å². The summed E-state index contributed by atoms with van der Waals surface area (Å²) in [6.07, 6.45) is 1.30. The fourth-order valence-electron chi connectivity index (χ4n) is 2.03. The Morgan fingerprint density at radius 3 is 2.46 bits per heavy atom. The van der Waals surface area contributed by atoms with Gasteiger partial charge >= 0.3 is 0 Å². The lowest BCUT2D eigenvalue weighted by Crippen LogP contribution is -2.18. The smallest absolute Gasteiger partial charge is 0.294 e. The van der Waals surface area contributed by atoms with E-state index in [4.69, 9.17) is 4.55 Å². The predicted octanol–water partition coefficient (Wildman–Crippen LogP) is 2.12. The molecule has 0 saturated carbocycles. The first-order valence-corrected chi connectivity index (χ1v) is 8.67. The monoisotopic (exact) mass is 373 g/mol. The topological polar surface area (TPSA) is 131 Å². The summed E-state index contributed by atoms with van der Waals surface area (Å²) in [5.74, 6) is -0.659. The van der Waals surface area contributed by atoms with Crippen molar-refractivity contribution in [1.29, 1.82) is 5.26 Å². The average Bonchev–Trinajstić information content (AvgIpc) is 2.59. The first-order valence-electron chi connectivity index (χ1n) is 7.23. The predicted molar refractivity (Wildman–Crippen MR) is 95.1 cm³/mol. The summed E-state index contributed by atoms with van der Waals surface area (Å²) in [5.41, 5.74) is 0.521. The Balaban J connectivity index is 2.21. The number of carbonyl (C=O) groups is 1. The van der Waals surface area contributed by atoms with Gasteiger partial charge in [-0.25, -0.2) is 0 Å². The van der Waals surface area contributed by atoms with Crippen LogP contribution in [0.3, 0.4) is 0 Å². The van der Waals surface area contributed by atoms with E-state index in [0.717, 1.165) is 6.07 Å². The minimum absolute atomic E-state index is 0.0862. The Labute approximate surface area is 150 Å². The fourth-order valence-corrected chi connectivity index (χ4v) is 2.55. The molecule has 0 radical (unpaired) electrons. The van der Waals surface area contributed by atoms with Gasteiger partial charge in [0.05, 0.1) is 4.90 Å². The van der Waals surface area contributed by atoms with Crippen LogP contribution in [0.2, 0.25) is 0 Å². The van der Waals surface area contributed by atoms with Crippen molar-refractivity contribution >= 4 is 27.4 Å². The lowest BCUT2D eigenvalue weighted by atomic mass is 10.2. The molecule has 9 heteroatoms. The third-order valence-electron chi connectivity index (χ3n) is 3.33. The van der Waals surface area contributed by atoms with Crippen molar-refractivity contribution in [3.05, 3.63) is 60.3 Å². The number of carbonyl (C=O) groups excluding carboxylic acids is 1. The van der Waals surface area contributed by atoms with Gasteiger partial charge in [0.2, 0.25) is 0 Å². The number of anilines is 2. The summed E-state index contributed by atoms with van der Waals surface area (Å²) in [4.78, 5) is 13.4. The third-order valence-corrected chi connectivity index (χ3v) is 4.18. The molecule has 0 bridgehead atoms. The van der Waals surface area contributed by atoms with Crippen molar-refractivity contribution in [2.45, 2.75) is 4.90 Å². The van der Waals surface area contributed by atoms with Crippen LogP contribution in [0.15, 0.2) is 65.2 Å². The van der Waals surface area contributed by atoms with Crippen molar-refractivity contribution < 1.29 is 22.9 Å². The van der Waals surface area contributed by atoms with Gasteiger partial charge in [-0.3, -0.25) is 9.35 Å². The molecule has 0 unspecified atom stereocenters. The largest absolute Gasteiger partial charge is 0.508 e. The number of hydrogen-bond acceptors (Lipinski definition) is 6. The molecule has 8 nitrogen and oxygen atoms in total. The van der Waals surface area contributed by atoms with E-state index < -0.39 is 16.0 Å². The molecular weight excluding hydrogens is 358 g/mol. The number of nitrogens with zero attached hydrogens (tertiary/aromatic N) is 2. The van der Waals surface area contributed by atoms with Gasteiger partial charge in [0, 0.05) is 24.6 Å². The number of amides is 1. The highest BCUT2D eigenvalue weighted by Crippen LogP contribution is 2.19. The van der Waals surface area contributed by atoms with E-state index in [2.05, 4.69) is 5.32 Å². The zero-order valence-electron chi connectivity index (χ0n) is 13.6. The molecule has 0 aliphatic heterocycles. The van der Waals surface area contributed by atoms with Crippen LogP contribution in [0, 0.1) is 11.3 Å². The number of phenols is 1. The maximum Gasteiger partial charge on any atom is 0.294 e. The lowest BCUT2D eigenvalue weighted by Gasteiger charge is -2.15. The van der Waals surface area contributed by atoms with Crippen LogP contribution in [0.25, 0.3) is 0 Å². The van der Waals surface area contributed by atoms with E-state index in [1.165, 1.54) is 41.4 Å². The van der Waals surface area contributed by atoms with E-state index >= 15 is 0 Å². The minimum Gasteiger partial charge on any atom is -0.508 e. The van der Waals surface area contributed by atoms with Crippen LogP contribution < -0.4 is 10.2 Å². The standard InChI is InChI=1S/C17H15N3O5S/c1-20(14-5-7-15(21)8-6-14)11-12(10-18)17(22)19-13-3-2-4-16(9-13)26(23,24)25/h2-9,11,21H,1H3,(H,19,22)(H,23,24,25)/b12-11-. The van der Waals surface area contributed by atoms with Crippen LogP contribution in [-0.2, 0) is 14.9 Å². The van der Waals surface area contributed by atoms with E-state index in [1.807, 2.05) is 0 Å². The highest BCUT2D eigenvalue weighted by atomic mass is 32.2. The van der Waals surface area contributed by atoms with Gasteiger partial charge in [0.25, 0.3) is 16.0 Å². The number of phenolic OH excluding ortho intramolecular Hbond substituents is 1. The number of hydrogen-bond donors (Lipinski definition) is 3. The molecule has 0 atom stereocenters. The third kappa shape index (κ3) is 4.83. The maximum absolute atomic E-state index is 12.2. The summed E-state index contributed by atoms with van der Waals surface area (Å²) in [7, 11) is -2.78. The minimum atomic E-state index is -4.41. The van der Waals surface area contributed by atoms with Gasteiger partial charge in [0.1, 0.15) is 17.4 Å². The molecule has 26 heavy (non-hydrogen) atoms. The first-order chi connectivity index (χ1) is 12.2. The number of aromatic hydroxyl groups is 1. The molecule has 2 rings (SSSR count). The Morgan fingerprint density at radius 1 is 1.23 bits per heavy atom. The van der Waals surface area contributed by atoms with Crippen molar-refractivity contribution in [3.8, 4) is 11.8 Å². The molecule has 0 spiro atoms. The molecule has 1 amide bonds. The molecule has 0 heterocycles. The van der Waals surface area contributed by atoms with E-state index in [9.17, 15) is 23.6 Å². The van der Waals surface area contributed by atoms with Crippen molar-refractivity contribution in [2.75, 3.05) is 17.3 Å². The molecule has 0 saturated heterocycles. The molecule has 0 fully saturated rings. The SMILES string of the molecule is CN(/C=C(/C#N)C(=O)Nc1cccc(S(=O)(=O)O)c1)c1ccc(O)cc1. The van der Waals surface area contributed by atoms with Gasteiger partial charge in [-0.2, -0.15) is 13.7 Å². The van der Waals surface area contributed by atoms with Crippen molar-refractivity contribution in [3.63, 3.8) is 0 Å². The van der Waals surface area contributed by atoms with E-state index in [1.54, 1.807) is 25.2 Å². The number of benzene rings is 2. The zero-order chi connectivity index (χ0) is 19.3. The molecule has 134 valence electrons. The second kappa shape index (κ2) is 7.69. The summed E-state index contributed by atoms with van der Waals surface area (Å²) < 4.78 is 31.3. The highest BCUT2D eigenvalue weighted by molar-refractivity contribution is 7.85. The molecule has 3 N–H and O–H groups in total. The summed E-state index contributed by atoms with van der Waals surface area (Å²) in [6.45, 7) is 0. The molecule has 0 aliphatic carbocycles. The highest BCUT2D eigenvalue weighted by Gasteiger charge is 2.14. The van der Waals surface area contributed by atoms with Gasteiger partial charge in [-0.15, -0.1) is 0 Å². The van der Waals surface area contributed by atoms with Gasteiger partial charge in [-0.05, 0) is 42.5 Å². The van der Waals surface area contributed by atoms with E-state index in [0.29, 0.717) is 5.69 Å². The first kappa shape index (κ1) is 19.0. The zero-order valence-corrected chi connectivity index (χ0v) is 14.4. The maximum atomic E-state index is 12.2. The fraction of sp³-hybridized carbons (Fsp3) is 0.0588. The summed E-state index contributed by atoms with van der Waals surface area (Å²) in [6, 6.07) is 12.9. The molecule has 2 aromatic rings. The van der Waals surface area contributed by atoms with Crippen molar-refractivity contribution in [2.24, 2.45) is 0 Å². The number of nitriles is 1. The Kier molecular flexibility index (Phi) is 5.61.